The van der Waals surface area contributed by atoms with Gasteiger partial charge in [-0.05, 0) is 54.4 Å². The minimum atomic E-state index is -0.344. The predicted molar refractivity (Wildman–Crippen MR) is 131 cm³/mol. The number of rotatable bonds is 7. The maximum absolute atomic E-state index is 13.4. The summed E-state index contributed by atoms with van der Waals surface area (Å²) in [7, 11) is 5.54. The van der Waals surface area contributed by atoms with Crippen LogP contribution in [0.3, 0.4) is 0 Å². The first kappa shape index (κ1) is 22.1. The quantitative estimate of drug-likeness (QED) is 0.549. The number of carbonyl (C=O) groups is 2. The average Bonchev–Trinajstić information content (AvgIpc) is 3.04. The molecule has 6 nitrogen and oxygen atoms in total. The van der Waals surface area contributed by atoms with E-state index >= 15 is 0 Å². The molecule has 3 aromatic rings. The molecule has 1 heterocycles. The van der Waals surface area contributed by atoms with Crippen LogP contribution in [0.5, 0.6) is 5.75 Å². The van der Waals surface area contributed by atoms with Gasteiger partial charge in [-0.3, -0.25) is 14.5 Å². The summed E-state index contributed by atoms with van der Waals surface area (Å²) in [6.07, 6.45) is 0. The van der Waals surface area contributed by atoms with Gasteiger partial charge in [0, 0.05) is 25.5 Å². The van der Waals surface area contributed by atoms with Crippen LogP contribution in [0.15, 0.2) is 78.5 Å². The molecule has 1 aliphatic rings. The van der Waals surface area contributed by atoms with Crippen molar-refractivity contribution in [3.63, 3.8) is 0 Å². The number of nitrogens with one attached hydrogen (secondary N) is 1. The number of aryl methyl sites for hydroxylation is 1. The highest BCUT2D eigenvalue weighted by molar-refractivity contribution is 6.36. The number of carbonyl (C=O) groups excluding carboxylic acids is 2. The van der Waals surface area contributed by atoms with Crippen LogP contribution in [0.1, 0.15) is 16.7 Å². The first-order chi connectivity index (χ1) is 15.9. The van der Waals surface area contributed by atoms with Crippen LogP contribution in [0, 0.1) is 6.92 Å². The lowest BCUT2D eigenvalue weighted by Crippen LogP contribution is -2.32. The van der Waals surface area contributed by atoms with E-state index in [1.54, 1.807) is 7.11 Å². The maximum atomic E-state index is 13.4. The highest BCUT2D eigenvalue weighted by atomic mass is 16.5. The fraction of sp³-hybridized carbons (Fsp3) is 0.185. The number of ether oxygens (including phenoxy) is 1. The van der Waals surface area contributed by atoms with Crippen molar-refractivity contribution in [1.29, 1.82) is 0 Å². The number of hydrogen-bond donors (Lipinski definition) is 1. The van der Waals surface area contributed by atoms with Crippen LogP contribution in [0.4, 0.5) is 11.4 Å². The van der Waals surface area contributed by atoms with Crippen LogP contribution in [0.2, 0.25) is 0 Å². The van der Waals surface area contributed by atoms with E-state index in [1.165, 1.54) is 4.90 Å². The molecule has 6 heteroatoms. The van der Waals surface area contributed by atoms with Gasteiger partial charge >= 0.3 is 0 Å². The molecular weight excluding hydrogens is 414 g/mol. The van der Waals surface area contributed by atoms with Gasteiger partial charge in [0.2, 0.25) is 0 Å². The van der Waals surface area contributed by atoms with Gasteiger partial charge in [-0.1, -0.05) is 42.0 Å². The summed E-state index contributed by atoms with van der Waals surface area (Å²) < 4.78 is 5.20. The van der Waals surface area contributed by atoms with Crippen molar-refractivity contribution >= 4 is 28.8 Å². The van der Waals surface area contributed by atoms with E-state index in [4.69, 9.17) is 4.74 Å². The summed E-state index contributed by atoms with van der Waals surface area (Å²) in [4.78, 5) is 30.2. The van der Waals surface area contributed by atoms with E-state index in [2.05, 4.69) is 5.32 Å². The molecule has 1 aliphatic heterocycles. The summed E-state index contributed by atoms with van der Waals surface area (Å²) in [5, 5.41) is 3.21. The average molecular weight is 442 g/mol. The molecule has 4 rings (SSSR count). The Bertz CT molecular complexity index is 1190. The molecule has 3 aromatic carbocycles. The maximum Gasteiger partial charge on any atom is 0.278 e. The minimum absolute atomic E-state index is 0.182. The zero-order chi connectivity index (χ0) is 23.5. The van der Waals surface area contributed by atoms with Crippen LogP contribution in [-0.4, -0.2) is 37.9 Å². The lowest BCUT2D eigenvalue weighted by atomic mass is 10.0. The van der Waals surface area contributed by atoms with Gasteiger partial charge < -0.3 is 15.0 Å². The highest BCUT2D eigenvalue weighted by Gasteiger charge is 2.39. The standard InChI is InChI=1S/C27H27N3O3/c1-18-5-9-20(10-6-18)24-25(28-21-11-13-22(14-12-21)29(2)3)27(32)30(26(24)31)17-19-7-15-23(33-4)16-8-19/h5-16,28H,17H2,1-4H3. The summed E-state index contributed by atoms with van der Waals surface area (Å²) in [5.41, 5.74) is 5.09. The largest absolute Gasteiger partial charge is 0.497 e. The monoisotopic (exact) mass is 441 g/mol. The molecule has 0 aromatic heterocycles. The van der Waals surface area contributed by atoms with Gasteiger partial charge in [0.1, 0.15) is 11.4 Å². The third kappa shape index (κ3) is 4.60. The second kappa shape index (κ2) is 9.20. The number of benzene rings is 3. The normalized spacial score (nSPS) is 13.5. The molecule has 0 saturated carbocycles. The van der Waals surface area contributed by atoms with Crippen molar-refractivity contribution in [1.82, 2.24) is 4.90 Å². The van der Waals surface area contributed by atoms with E-state index in [0.717, 1.165) is 28.3 Å². The molecule has 0 fully saturated rings. The Labute approximate surface area is 194 Å². The first-order valence-corrected chi connectivity index (χ1v) is 10.7. The number of hydrogen-bond acceptors (Lipinski definition) is 5. The molecule has 33 heavy (non-hydrogen) atoms. The highest BCUT2D eigenvalue weighted by Crippen LogP contribution is 2.32. The van der Waals surface area contributed by atoms with Crippen LogP contribution in [0.25, 0.3) is 5.57 Å². The summed E-state index contributed by atoms with van der Waals surface area (Å²) in [6, 6.07) is 22.7. The molecule has 0 saturated heterocycles. The summed E-state index contributed by atoms with van der Waals surface area (Å²) in [5.74, 6) is 0.0648. The number of methoxy groups -OCH3 is 1. The van der Waals surface area contributed by atoms with Crippen molar-refractivity contribution in [2.24, 2.45) is 0 Å². The second-order valence-corrected chi connectivity index (χ2v) is 8.23. The van der Waals surface area contributed by atoms with Gasteiger partial charge in [0.05, 0.1) is 19.2 Å². The van der Waals surface area contributed by atoms with Crippen molar-refractivity contribution in [2.75, 3.05) is 31.4 Å². The topological polar surface area (TPSA) is 61.9 Å². The number of nitrogens with zero attached hydrogens (tertiary/aromatic N) is 2. The van der Waals surface area contributed by atoms with E-state index in [1.807, 2.05) is 98.7 Å². The van der Waals surface area contributed by atoms with Crippen LogP contribution >= 0.6 is 0 Å². The number of imide groups is 1. The van der Waals surface area contributed by atoms with Gasteiger partial charge in [0.25, 0.3) is 11.8 Å². The zero-order valence-corrected chi connectivity index (χ0v) is 19.3. The molecule has 0 radical (unpaired) electrons. The number of anilines is 2. The fourth-order valence-corrected chi connectivity index (χ4v) is 3.72. The van der Waals surface area contributed by atoms with Gasteiger partial charge in [-0.15, -0.1) is 0 Å². The smallest absolute Gasteiger partial charge is 0.278 e. The van der Waals surface area contributed by atoms with Crippen molar-refractivity contribution in [2.45, 2.75) is 13.5 Å². The molecule has 168 valence electrons. The summed E-state index contributed by atoms with van der Waals surface area (Å²) in [6.45, 7) is 2.17. The Balaban J connectivity index is 1.68. The molecular formula is C27H27N3O3. The van der Waals surface area contributed by atoms with E-state index < -0.39 is 0 Å². The summed E-state index contributed by atoms with van der Waals surface area (Å²) >= 11 is 0. The second-order valence-electron chi connectivity index (χ2n) is 8.23. The molecule has 0 unspecified atom stereocenters. The van der Waals surface area contributed by atoms with Gasteiger partial charge in [-0.2, -0.15) is 0 Å². The first-order valence-electron chi connectivity index (χ1n) is 10.7. The van der Waals surface area contributed by atoms with Crippen molar-refractivity contribution < 1.29 is 14.3 Å². The third-order valence-electron chi connectivity index (χ3n) is 5.66. The molecule has 0 bridgehead atoms. The Morgan fingerprint density at radius 1 is 0.848 bits per heavy atom. The Hall–Kier alpha value is -4.06. The lowest BCUT2D eigenvalue weighted by molar-refractivity contribution is -0.137. The van der Waals surface area contributed by atoms with Crippen LogP contribution in [-0.2, 0) is 16.1 Å². The Morgan fingerprint density at radius 3 is 2.06 bits per heavy atom. The molecule has 2 amide bonds. The number of amides is 2. The molecule has 0 atom stereocenters. The third-order valence-corrected chi connectivity index (χ3v) is 5.66. The SMILES string of the molecule is COc1ccc(CN2C(=O)C(Nc3ccc(N(C)C)cc3)=C(c3ccc(C)cc3)C2=O)cc1. The van der Waals surface area contributed by atoms with Crippen molar-refractivity contribution in [3.05, 3.63) is 95.2 Å². The minimum Gasteiger partial charge on any atom is -0.497 e. The zero-order valence-electron chi connectivity index (χ0n) is 19.3. The Kier molecular flexibility index (Phi) is 6.18. The predicted octanol–water partition coefficient (Wildman–Crippen LogP) is 4.46. The van der Waals surface area contributed by atoms with Crippen molar-refractivity contribution in [3.8, 4) is 5.75 Å². The Morgan fingerprint density at radius 2 is 1.48 bits per heavy atom. The molecule has 0 spiro atoms. The fourth-order valence-electron chi connectivity index (χ4n) is 3.72. The van der Waals surface area contributed by atoms with Gasteiger partial charge in [-0.25, -0.2) is 0 Å². The van der Waals surface area contributed by atoms with Crippen LogP contribution < -0.4 is 15.0 Å². The van der Waals surface area contributed by atoms with E-state index in [9.17, 15) is 9.59 Å². The molecule has 1 N–H and O–H groups in total. The van der Waals surface area contributed by atoms with E-state index in [0.29, 0.717) is 11.1 Å². The lowest BCUT2D eigenvalue weighted by Gasteiger charge is -2.16. The molecule has 0 aliphatic carbocycles. The van der Waals surface area contributed by atoms with E-state index in [-0.39, 0.29) is 24.1 Å². The van der Waals surface area contributed by atoms with Gasteiger partial charge in [0.15, 0.2) is 0 Å².